The second-order valence-electron chi connectivity index (χ2n) is 6.02. The van der Waals surface area contributed by atoms with Gasteiger partial charge in [-0.15, -0.1) is 0 Å². The molecule has 0 aliphatic carbocycles. The minimum Gasteiger partial charge on any atom is -0.444 e. The molecule has 0 saturated heterocycles. The van der Waals surface area contributed by atoms with Crippen LogP contribution in [0.2, 0.25) is 0 Å². The average molecular weight is 310 g/mol. The molecule has 0 N–H and O–H groups in total. The highest BCUT2D eigenvalue weighted by Gasteiger charge is 2.30. The molecule has 4 nitrogen and oxygen atoms in total. The van der Waals surface area contributed by atoms with Gasteiger partial charge in [-0.2, -0.15) is 0 Å². The summed E-state index contributed by atoms with van der Waals surface area (Å²) in [5, 5.41) is 0. The molecule has 2 aromatic carbocycles. The van der Waals surface area contributed by atoms with Gasteiger partial charge in [0.15, 0.2) is 0 Å². The number of rotatable bonds is 3. The van der Waals surface area contributed by atoms with Crippen molar-refractivity contribution in [2.45, 2.75) is 19.1 Å². The topological polar surface area (TPSA) is 32.8 Å². The molecule has 2 aromatic rings. The lowest BCUT2D eigenvalue weighted by Crippen LogP contribution is -2.39. The predicted octanol–water partition coefficient (Wildman–Crippen LogP) is 3.84. The first kappa shape index (κ1) is 15.6. The number of carbonyl (C=O) groups is 1. The van der Waals surface area contributed by atoms with Crippen LogP contribution in [0.15, 0.2) is 54.6 Å². The fraction of sp³-hybridized carbons (Fsp3) is 0.316. The molecule has 0 saturated carbocycles. The monoisotopic (exact) mass is 310 g/mol. The lowest BCUT2D eigenvalue weighted by atomic mass is 9.96. The van der Waals surface area contributed by atoms with Crippen LogP contribution in [0, 0.1) is 0 Å². The van der Waals surface area contributed by atoms with E-state index in [0.717, 1.165) is 17.7 Å². The van der Waals surface area contributed by atoms with Gasteiger partial charge in [-0.1, -0.05) is 48.5 Å². The van der Waals surface area contributed by atoms with Crippen LogP contribution in [0.3, 0.4) is 0 Å². The Labute approximate surface area is 137 Å². The van der Waals surface area contributed by atoms with E-state index in [1.807, 2.05) is 48.5 Å². The Hall–Kier alpha value is -2.33. The number of nitrogens with zero attached hydrogens (tertiary/aromatic N) is 2. The quantitative estimate of drug-likeness (QED) is 0.863. The van der Waals surface area contributed by atoms with Gasteiger partial charge >= 0.3 is 6.09 Å². The van der Waals surface area contributed by atoms with E-state index in [0.29, 0.717) is 19.2 Å². The fourth-order valence-corrected chi connectivity index (χ4v) is 3.07. The summed E-state index contributed by atoms with van der Waals surface area (Å²) < 4.78 is 5.49. The van der Waals surface area contributed by atoms with Gasteiger partial charge in [-0.05, 0) is 37.7 Å². The van der Waals surface area contributed by atoms with Crippen LogP contribution in [0.4, 0.5) is 10.5 Å². The number of fused-ring (bicyclic) bond motifs is 1. The summed E-state index contributed by atoms with van der Waals surface area (Å²) in [4.78, 5) is 16.4. The number of benzene rings is 2. The number of carbonyl (C=O) groups excluding carboxylic acids is 1. The molecule has 0 spiro atoms. The molecule has 23 heavy (non-hydrogen) atoms. The lowest BCUT2D eigenvalue weighted by Gasteiger charge is -2.36. The second-order valence-corrected chi connectivity index (χ2v) is 6.02. The zero-order valence-corrected chi connectivity index (χ0v) is 13.6. The summed E-state index contributed by atoms with van der Waals surface area (Å²) in [6.07, 6.45) is 0.628. The molecule has 0 bridgehead atoms. The van der Waals surface area contributed by atoms with E-state index in [4.69, 9.17) is 4.74 Å². The Morgan fingerprint density at radius 1 is 1.13 bits per heavy atom. The van der Waals surface area contributed by atoms with Gasteiger partial charge in [0.05, 0.1) is 5.69 Å². The molecule has 1 heterocycles. The van der Waals surface area contributed by atoms with Crippen molar-refractivity contribution < 1.29 is 9.53 Å². The fourth-order valence-electron chi connectivity index (χ4n) is 3.07. The van der Waals surface area contributed by atoms with Crippen LogP contribution in [0.1, 0.15) is 23.6 Å². The maximum atomic E-state index is 12.5. The number of para-hydroxylation sites is 1. The maximum absolute atomic E-state index is 12.5. The molecule has 1 atom stereocenters. The van der Waals surface area contributed by atoms with Crippen LogP contribution >= 0.6 is 0 Å². The zero-order valence-electron chi connectivity index (χ0n) is 13.6. The molecule has 0 fully saturated rings. The number of hydrogen-bond donors (Lipinski definition) is 0. The Kier molecular flexibility index (Phi) is 4.63. The summed E-state index contributed by atoms with van der Waals surface area (Å²) >= 11 is 0. The molecule has 3 rings (SSSR count). The highest BCUT2D eigenvalue weighted by molar-refractivity contribution is 5.89. The summed E-state index contributed by atoms with van der Waals surface area (Å²) in [7, 11) is 4.15. The van der Waals surface area contributed by atoms with Gasteiger partial charge in [0.2, 0.25) is 0 Å². The molecular weight excluding hydrogens is 288 g/mol. The van der Waals surface area contributed by atoms with Crippen LogP contribution in [0.5, 0.6) is 0 Å². The third-order valence-corrected chi connectivity index (χ3v) is 4.26. The molecule has 1 aliphatic heterocycles. The van der Waals surface area contributed by atoms with Crippen molar-refractivity contribution in [2.24, 2.45) is 0 Å². The van der Waals surface area contributed by atoms with Crippen molar-refractivity contribution in [2.75, 3.05) is 25.5 Å². The van der Waals surface area contributed by atoms with Gasteiger partial charge in [0, 0.05) is 12.6 Å². The summed E-state index contributed by atoms with van der Waals surface area (Å²) in [5.41, 5.74) is 3.13. The molecule has 1 aliphatic rings. The zero-order chi connectivity index (χ0) is 16.2. The highest BCUT2D eigenvalue weighted by atomic mass is 16.6. The highest BCUT2D eigenvalue weighted by Crippen LogP contribution is 2.36. The molecule has 0 radical (unpaired) electrons. The van der Waals surface area contributed by atoms with E-state index in [1.54, 1.807) is 4.90 Å². The van der Waals surface area contributed by atoms with Crippen LogP contribution < -0.4 is 4.90 Å². The van der Waals surface area contributed by atoms with Crippen LogP contribution in [-0.2, 0) is 11.3 Å². The Morgan fingerprint density at radius 3 is 2.57 bits per heavy atom. The molecular formula is C19H22N2O2. The molecule has 0 aromatic heterocycles. The van der Waals surface area contributed by atoms with Gasteiger partial charge in [-0.3, -0.25) is 4.90 Å². The summed E-state index contributed by atoms with van der Waals surface area (Å²) in [5.74, 6) is 0. The van der Waals surface area contributed by atoms with Crippen molar-refractivity contribution in [3.63, 3.8) is 0 Å². The van der Waals surface area contributed by atoms with Crippen LogP contribution in [0.25, 0.3) is 0 Å². The summed E-state index contributed by atoms with van der Waals surface area (Å²) in [6.45, 7) is 0.975. The number of ether oxygens (including phenoxy) is 1. The van der Waals surface area contributed by atoms with E-state index < -0.39 is 0 Å². The second kappa shape index (κ2) is 6.84. The summed E-state index contributed by atoms with van der Waals surface area (Å²) in [6, 6.07) is 18.2. The number of hydrogen-bond acceptors (Lipinski definition) is 3. The maximum Gasteiger partial charge on any atom is 0.414 e. The molecule has 1 unspecified atom stereocenters. The Morgan fingerprint density at radius 2 is 1.83 bits per heavy atom. The standard InChI is InChI=1S/C19H22N2O2/c1-20(2)17-12-13-21(18-11-7-6-10-16(17)18)19(22)23-14-15-8-4-3-5-9-15/h3-11,17H,12-14H2,1-2H3. The minimum absolute atomic E-state index is 0.279. The average Bonchev–Trinajstić information content (AvgIpc) is 2.59. The Bertz CT molecular complexity index is 670. The van der Waals surface area contributed by atoms with Crippen molar-refractivity contribution in [3.8, 4) is 0 Å². The van der Waals surface area contributed by atoms with E-state index in [1.165, 1.54) is 5.56 Å². The number of anilines is 1. The Balaban J connectivity index is 1.75. The normalized spacial score (nSPS) is 17.0. The van der Waals surface area contributed by atoms with Crippen molar-refractivity contribution in [1.29, 1.82) is 0 Å². The largest absolute Gasteiger partial charge is 0.444 e. The van der Waals surface area contributed by atoms with Crippen molar-refractivity contribution in [1.82, 2.24) is 4.90 Å². The SMILES string of the molecule is CN(C)C1CCN(C(=O)OCc2ccccc2)c2ccccc21. The van der Waals surface area contributed by atoms with E-state index in [-0.39, 0.29) is 6.09 Å². The first-order valence-electron chi connectivity index (χ1n) is 7.90. The van der Waals surface area contributed by atoms with Gasteiger partial charge < -0.3 is 9.64 Å². The molecule has 4 heteroatoms. The van der Waals surface area contributed by atoms with Gasteiger partial charge in [0.1, 0.15) is 6.61 Å². The van der Waals surface area contributed by atoms with E-state index >= 15 is 0 Å². The smallest absolute Gasteiger partial charge is 0.414 e. The first-order chi connectivity index (χ1) is 11.2. The third kappa shape index (κ3) is 3.37. The lowest BCUT2D eigenvalue weighted by molar-refractivity contribution is 0.145. The van der Waals surface area contributed by atoms with Gasteiger partial charge in [-0.25, -0.2) is 4.79 Å². The molecule has 120 valence electrons. The van der Waals surface area contributed by atoms with E-state index in [9.17, 15) is 4.79 Å². The minimum atomic E-state index is -0.279. The predicted molar refractivity (Wildman–Crippen MR) is 91.5 cm³/mol. The first-order valence-corrected chi connectivity index (χ1v) is 7.90. The van der Waals surface area contributed by atoms with Crippen molar-refractivity contribution >= 4 is 11.8 Å². The number of amides is 1. The third-order valence-electron chi connectivity index (χ3n) is 4.26. The van der Waals surface area contributed by atoms with Crippen LogP contribution in [-0.4, -0.2) is 31.6 Å². The molecule has 1 amide bonds. The van der Waals surface area contributed by atoms with Gasteiger partial charge in [0.25, 0.3) is 0 Å². The van der Waals surface area contributed by atoms with Crippen molar-refractivity contribution in [3.05, 3.63) is 65.7 Å². The van der Waals surface area contributed by atoms with E-state index in [2.05, 4.69) is 25.1 Å².